The maximum atomic E-state index is 13.4. The number of rotatable bonds is 4. The van der Waals surface area contributed by atoms with Gasteiger partial charge in [-0.1, -0.05) is 35.3 Å². The van der Waals surface area contributed by atoms with E-state index in [2.05, 4.69) is 0 Å². The third kappa shape index (κ3) is 4.12. The van der Waals surface area contributed by atoms with Gasteiger partial charge in [0.2, 0.25) is 0 Å². The van der Waals surface area contributed by atoms with Gasteiger partial charge in [0.15, 0.2) is 6.04 Å². The second-order valence-electron chi connectivity index (χ2n) is 5.24. The number of nitrogens with one attached hydrogen (secondary N) is 2. The molecule has 0 unspecified atom stereocenters. The maximum Gasteiger partial charge on any atom is 0.412 e. The minimum Gasteiger partial charge on any atom is -0.335 e. The Bertz CT molecular complexity index is 835. The van der Waals surface area contributed by atoms with E-state index >= 15 is 0 Å². The van der Waals surface area contributed by atoms with Crippen LogP contribution in [0.1, 0.15) is 32.5 Å². The Kier molecular flexibility index (Phi) is 5.84. The van der Waals surface area contributed by atoms with Gasteiger partial charge in [-0.15, -0.1) is 0 Å². The highest BCUT2D eigenvalue weighted by Crippen LogP contribution is 2.33. The summed E-state index contributed by atoms with van der Waals surface area (Å²) in [5, 5.41) is 10.5. The largest absolute Gasteiger partial charge is 0.412 e. The lowest BCUT2D eigenvalue weighted by atomic mass is 10.0. The van der Waals surface area contributed by atoms with E-state index in [1.807, 2.05) is 5.32 Å². The van der Waals surface area contributed by atoms with Gasteiger partial charge in [-0.3, -0.25) is 14.8 Å². The zero-order valence-electron chi connectivity index (χ0n) is 13.1. The minimum atomic E-state index is -4.80. The highest BCUT2D eigenvalue weighted by atomic mass is 35.5. The van der Waals surface area contributed by atoms with Crippen LogP contribution < -0.4 is 10.8 Å². The van der Waals surface area contributed by atoms with Crippen molar-refractivity contribution in [2.75, 3.05) is 0 Å². The molecule has 1 atom stereocenters. The van der Waals surface area contributed by atoms with Crippen LogP contribution in [0, 0.1) is 0 Å². The van der Waals surface area contributed by atoms with Gasteiger partial charge >= 0.3 is 6.18 Å². The van der Waals surface area contributed by atoms with Gasteiger partial charge in [-0.2, -0.15) is 13.2 Å². The van der Waals surface area contributed by atoms with Crippen LogP contribution in [-0.2, 0) is 7.05 Å². The molecule has 0 radical (unpaired) electrons. The number of aromatic nitrogens is 1. The number of hydrogen-bond acceptors (Lipinski definition) is 3. The lowest BCUT2D eigenvalue weighted by Crippen LogP contribution is -2.38. The predicted octanol–water partition coefficient (Wildman–Crippen LogP) is 3.48. The molecule has 26 heavy (non-hydrogen) atoms. The average Bonchev–Trinajstić information content (AvgIpc) is 2.85. The Balaban J connectivity index is 2.32. The fourth-order valence-electron chi connectivity index (χ4n) is 2.21. The number of carbonyl (C=O) groups is 2. The van der Waals surface area contributed by atoms with E-state index in [1.165, 1.54) is 12.5 Å². The molecule has 1 aromatic carbocycles. The highest BCUT2D eigenvalue weighted by molar-refractivity contribution is 6.41. The molecule has 2 rings (SSSR count). The molecule has 0 saturated carbocycles. The van der Waals surface area contributed by atoms with Crippen molar-refractivity contribution in [1.29, 1.82) is 0 Å². The van der Waals surface area contributed by atoms with Crippen LogP contribution in [0.5, 0.6) is 0 Å². The summed E-state index contributed by atoms with van der Waals surface area (Å²) in [6.45, 7) is 0. The first-order valence-corrected chi connectivity index (χ1v) is 7.74. The standard InChI is InChI=1S/C15H12Cl2F3N3O3/c1-23-10(6-9(16)12(23)17)14(25)21-11(15(18,19)20)7-2-4-8(5-3-7)13(24)22-26/h2-6,11,26H,1H3,(H,21,25)(H,22,24)/t11-/m0/s1. The zero-order valence-corrected chi connectivity index (χ0v) is 14.6. The molecule has 1 aromatic heterocycles. The van der Waals surface area contributed by atoms with Crippen LogP contribution in [0.2, 0.25) is 10.2 Å². The number of nitrogens with zero attached hydrogens (tertiary/aromatic N) is 1. The normalized spacial score (nSPS) is 12.6. The molecule has 0 saturated heterocycles. The van der Waals surface area contributed by atoms with Crippen LogP contribution in [-0.4, -0.2) is 27.8 Å². The number of hydrogen-bond donors (Lipinski definition) is 3. The third-order valence-corrected chi connectivity index (χ3v) is 4.40. The fourth-order valence-corrected chi connectivity index (χ4v) is 2.59. The van der Waals surface area contributed by atoms with Gasteiger partial charge in [0.1, 0.15) is 10.8 Å². The Morgan fingerprint density at radius 1 is 1.15 bits per heavy atom. The summed E-state index contributed by atoms with van der Waals surface area (Å²) in [4.78, 5) is 23.5. The first-order valence-electron chi connectivity index (χ1n) is 6.99. The molecule has 2 amide bonds. The van der Waals surface area contributed by atoms with Crippen LogP contribution in [0.3, 0.4) is 0 Å². The Hall–Kier alpha value is -2.23. The topological polar surface area (TPSA) is 83.4 Å². The van der Waals surface area contributed by atoms with Crippen LogP contribution >= 0.6 is 23.2 Å². The molecular formula is C15H12Cl2F3N3O3. The van der Waals surface area contributed by atoms with Crippen LogP contribution in [0.15, 0.2) is 30.3 Å². The number of alkyl halides is 3. The Morgan fingerprint density at radius 3 is 2.15 bits per heavy atom. The fraction of sp³-hybridized carbons (Fsp3) is 0.200. The van der Waals surface area contributed by atoms with E-state index in [4.69, 9.17) is 28.4 Å². The summed E-state index contributed by atoms with van der Waals surface area (Å²) in [5.74, 6) is -1.90. The lowest BCUT2D eigenvalue weighted by Gasteiger charge is -2.22. The summed E-state index contributed by atoms with van der Waals surface area (Å²) < 4.78 is 41.4. The van der Waals surface area contributed by atoms with Gasteiger partial charge in [-0.25, -0.2) is 5.48 Å². The molecule has 0 spiro atoms. The zero-order chi connectivity index (χ0) is 19.6. The van der Waals surface area contributed by atoms with E-state index < -0.39 is 24.0 Å². The van der Waals surface area contributed by atoms with E-state index in [0.717, 1.165) is 34.9 Å². The van der Waals surface area contributed by atoms with Crippen LogP contribution in [0.25, 0.3) is 0 Å². The number of hydroxylamine groups is 1. The molecule has 3 N–H and O–H groups in total. The molecule has 140 valence electrons. The molecule has 0 aliphatic carbocycles. The van der Waals surface area contributed by atoms with Crippen LogP contribution in [0.4, 0.5) is 13.2 Å². The van der Waals surface area contributed by atoms with E-state index in [0.29, 0.717) is 0 Å². The summed E-state index contributed by atoms with van der Waals surface area (Å²) in [5.41, 5.74) is 0.871. The SMILES string of the molecule is Cn1c(C(=O)N[C@@H](c2ccc(C(=O)NO)cc2)C(F)(F)F)cc(Cl)c1Cl. The molecule has 0 bridgehead atoms. The van der Waals surface area contributed by atoms with Gasteiger partial charge in [0.25, 0.3) is 11.8 Å². The van der Waals surface area contributed by atoms with Crippen molar-refractivity contribution in [3.8, 4) is 0 Å². The van der Waals surface area contributed by atoms with Crippen molar-refractivity contribution in [1.82, 2.24) is 15.4 Å². The smallest absolute Gasteiger partial charge is 0.335 e. The number of carbonyl (C=O) groups excluding carboxylic acids is 2. The first kappa shape index (κ1) is 20.1. The summed E-state index contributed by atoms with van der Waals surface area (Å²) in [7, 11) is 1.38. The van der Waals surface area contributed by atoms with Crippen molar-refractivity contribution in [2.45, 2.75) is 12.2 Å². The summed E-state index contributed by atoms with van der Waals surface area (Å²) >= 11 is 11.6. The van der Waals surface area contributed by atoms with Crippen molar-refractivity contribution in [2.24, 2.45) is 7.05 Å². The monoisotopic (exact) mass is 409 g/mol. The number of amides is 2. The molecule has 2 aromatic rings. The Morgan fingerprint density at radius 2 is 1.73 bits per heavy atom. The van der Waals surface area contributed by atoms with Gasteiger partial charge in [0, 0.05) is 12.6 Å². The molecular weight excluding hydrogens is 398 g/mol. The lowest BCUT2D eigenvalue weighted by molar-refractivity contribution is -0.155. The second kappa shape index (κ2) is 7.56. The van der Waals surface area contributed by atoms with E-state index in [1.54, 1.807) is 0 Å². The average molecular weight is 410 g/mol. The summed E-state index contributed by atoms with van der Waals surface area (Å²) in [6.07, 6.45) is -4.80. The van der Waals surface area contributed by atoms with Crippen molar-refractivity contribution < 1.29 is 28.0 Å². The van der Waals surface area contributed by atoms with Gasteiger partial charge < -0.3 is 9.88 Å². The van der Waals surface area contributed by atoms with Gasteiger partial charge in [0.05, 0.1) is 5.02 Å². The van der Waals surface area contributed by atoms with Crippen molar-refractivity contribution in [3.63, 3.8) is 0 Å². The second-order valence-corrected chi connectivity index (χ2v) is 6.00. The number of halogens is 5. The maximum absolute atomic E-state index is 13.4. The summed E-state index contributed by atoms with van der Waals surface area (Å²) in [6, 6.07) is 3.04. The van der Waals surface area contributed by atoms with Gasteiger partial charge in [-0.05, 0) is 23.8 Å². The molecule has 0 aliphatic rings. The molecule has 0 fully saturated rings. The molecule has 0 aliphatic heterocycles. The van der Waals surface area contributed by atoms with E-state index in [9.17, 15) is 22.8 Å². The minimum absolute atomic E-state index is 0.0137. The molecule has 1 heterocycles. The predicted molar refractivity (Wildman–Crippen MR) is 87.4 cm³/mol. The molecule has 6 nitrogen and oxygen atoms in total. The first-order chi connectivity index (χ1) is 12.1. The quantitative estimate of drug-likeness (QED) is 0.533. The molecule has 11 heteroatoms. The van der Waals surface area contributed by atoms with Crippen molar-refractivity contribution >= 4 is 35.0 Å². The van der Waals surface area contributed by atoms with E-state index in [-0.39, 0.29) is 27.0 Å². The third-order valence-electron chi connectivity index (χ3n) is 3.56. The van der Waals surface area contributed by atoms with Crippen molar-refractivity contribution in [3.05, 3.63) is 57.3 Å². The number of benzene rings is 1. The Labute approximate surface area is 155 Å². The highest BCUT2D eigenvalue weighted by Gasteiger charge is 2.42.